The topological polar surface area (TPSA) is 81.8 Å². The monoisotopic (exact) mass is 379 g/mol. The number of nitrogens with zero attached hydrogens (tertiary/aromatic N) is 4. The molecule has 0 bridgehead atoms. The molecule has 2 aromatic heterocycles. The molecule has 1 amide bonds. The minimum absolute atomic E-state index is 0.0841. The summed E-state index contributed by atoms with van der Waals surface area (Å²) in [6.45, 7) is 4.64. The van der Waals surface area contributed by atoms with Gasteiger partial charge in [-0.2, -0.15) is 5.10 Å². The molecular weight excluding hydrogens is 354 g/mol. The zero-order valence-corrected chi connectivity index (χ0v) is 16.3. The maximum atomic E-state index is 12.6. The maximum absolute atomic E-state index is 12.6. The third-order valence-electron chi connectivity index (χ3n) is 4.52. The number of rotatable bonds is 8. The fourth-order valence-electron chi connectivity index (χ4n) is 3.06. The first-order chi connectivity index (χ1) is 13.5. The second-order valence-electron chi connectivity index (χ2n) is 6.74. The Hall–Kier alpha value is -3.22. The molecule has 1 N–H and O–H groups in total. The molecule has 1 aromatic carbocycles. The van der Waals surface area contributed by atoms with Crippen LogP contribution in [0.15, 0.2) is 53.3 Å². The summed E-state index contributed by atoms with van der Waals surface area (Å²) >= 11 is 0. The Morgan fingerprint density at radius 1 is 1.04 bits per heavy atom. The van der Waals surface area contributed by atoms with E-state index in [0.717, 1.165) is 23.4 Å². The summed E-state index contributed by atoms with van der Waals surface area (Å²) in [6.07, 6.45) is 1.38. The van der Waals surface area contributed by atoms with Gasteiger partial charge in [0.25, 0.3) is 0 Å². The van der Waals surface area contributed by atoms with E-state index in [0.29, 0.717) is 25.3 Å². The lowest BCUT2D eigenvalue weighted by Gasteiger charge is -2.05. The van der Waals surface area contributed by atoms with Crippen LogP contribution in [-0.4, -0.2) is 31.8 Å². The molecule has 0 aliphatic heterocycles. The van der Waals surface area contributed by atoms with Crippen molar-refractivity contribution in [2.24, 2.45) is 0 Å². The highest BCUT2D eigenvalue weighted by Crippen LogP contribution is 2.02. The van der Waals surface area contributed by atoms with Crippen LogP contribution in [0.2, 0.25) is 0 Å². The molecule has 2 heterocycles. The van der Waals surface area contributed by atoms with Gasteiger partial charge in [0.05, 0.1) is 0 Å². The minimum Gasteiger partial charge on any atom is -0.354 e. The third kappa shape index (κ3) is 5.16. The van der Waals surface area contributed by atoms with Gasteiger partial charge in [-0.25, -0.2) is 9.48 Å². The first-order valence-electron chi connectivity index (χ1n) is 9.40. The van der Waals surface area contributed by atoms with Crippen LogP contribution < -0.4 is 11.0 Å². The second kappa shape index (κ2) is 9.12. The summed E-state index contributed by atoms with van der Waals surface area (Å²) < 4.78 is 2.83. The van der Waals surface area contributed by atoms with Crippen LogP contribution in [0.4, 0.5) is 0 Å². The zero-order valence-electron chi connectivity index (χ0n) is 16.3. The predicted molar refractivity (Wildman–Crippen MR) is 107 cm³/mol. The summed E-state index contributed by atoms with van der Waals surface area (Å²) in [5.74, 6) is 0.375. The molecule has 0 unspecified atom stereocenters. The van der Waals surface area contributed by atoms with Gasteiger partial charge in [0, 0.05) is 30.9 Å². The van der Waals surface area contributed by atoms with Crippen LogP contribution in [0, 0.1) is 13.8 Å². The maximum Gasteiger partial charge on any atom is 0.346 e. The van der Waals surface area contributed by atoms with E-state index < -0.39 is 0 Å². The fourth-order valence-corrected chi connectivity index (χ4v) is 3.06. The molecule has 0 saturated heterocycles. The zero-order chi connectivity index (χ0) is 19.9. The Morgan fingerprint density at radius 3 is 2.57 bits per heavy atom. The van der Waals surface area contributed by atoms with E-state index in [1.165, 1.54) is 4.68 Å². The van der Waals surface area contributed by atoms with E-state index in [1.54, 1.807) is 11.5 Å². The van der Waals surface area contributed by atoms with E-state index >= 15 is 0 Å². The van der Waals surface area contributed by atoms with Crippen LogP contribution in [0.1, 0.15) is 22.8 Å². The number of amides is 1. The van der Waals surface area contributed by atoms with Crippen molar-refractivity contribution in [3.05, 3.63) is 81.8 Å². The molecule has 0 saturated carbocycles. The third-order valence-corrected chi connectivity index (χ3v) is 4.52. The van der Waals surface area contributed by atoms with Crippen LogP contribution in [0.3, 0.4) is 0 Å². The lowest BCUT2D eigenvalue weighted by atomic mass is 10.1. The van der Waals surface area contributed by atoms with Crippen molar-refractivity contribution in [3.8, 4) is 0 Å². The van der Waals surface area contributed by atoms with Crippen molar-refractivity contribution >= 4 is 5.91 Å². The van der Waals surface area contributed by atoms with Gasteiger partial charge in [0.15, 0.2) is 0 Å². The Morgan fingerprint density at radius 2 is 1.82 bits per heavy atom. The molecule has 3 aromatic rings. The Balaban J connectivity index is 1.53. The number of hydrogen-bond acceptors (Lipinski definition) is 4. The van der Waals surface area contributed by atoms with Crippen LogP contribution in [0.5, 0.6) is 0 Å². The van der Waals surface area contributed by atoms with Gasteiger partial charge in [-0.05, 0) is 38.0 Å². The van der Waals surface area contributed by atoms with Gasteiger partial charge >= 0.3 is 5.69 Å². The van der Waals surface area contributed by atoms with E-state index in [4.69, 9.17) is 0 Å². The second-order valence-corrected chi connectivity index (χ2v) is 6.74. The normalized spacial score (nSPS) is 10.8. The number of hydrogen-bond donors (Lipinski definition) is 1. The summed E-state index contributed by atoms with van der Waals surface area (Å²) in [6, 6.07) is 15.8. The molecule has 0 atom stereocenters. The standard InChI is InChI=1S/C21H25N5O2/c1-16-7-6-10-19(23-16)11-13-22-20(27)15-26-21(28)25(17(2)24-26)14-12-18-8-4-3-5-9-18/h3-10H,11-15H2,1-2H3,(H,22,27). The predicted octanol–water partition coefficient (Wildman–Crippen LogP) is 1.66. The van der Waals surface area contributed by atoms with Gasteiger partial charge < -0.3 is 5.32 Å². The highest BCUT2D eigenvalue weighted by Gasteiger charge is 2.13. The van der Waals surface area contributed by atoms with Crippen molar-refractivity contribution in [1.82, 2.24) is 24.6 Å². The fraction of sp³-hybridized carbons (Fsp3) is 0.333. The number of aromatic nitrogens is 4. The smallest absolute Gasteiger partial charge is 0.346 e. The lowest BCUT2D eigenvalue weighted by molar-refractivity contribution is -0.121. The van der Waals surface area contributed by atoms with E-state index in [2.05, 4.69) is 15.4 Å². The quantitative estimate of drug-likeness (QED) is 0.645. The summed E-state index contributed by atoms with van der Waals surface area (Å²) in [7, 11) is 0. The van der Waals surface area contributed by atoms with Gasteiger partial charge in [0.2, 0.25) is 5.91 Å². The largest absolute Gasteiger partial charge is 0.354 e. The number of pyridine rings is 1. The van der Waals surface area contributed by atoms with Gasteiger partial charge in [0.1, 0.15) is 12.4 Å². The van der Waals surface area contributed by atoms with Crippen molar-refractivity contribution in [1.29, 1.82) is 0 Å². The molecule has 0 spiro atoms. The number of carbonyl (C=O) groups excluding carboxylic acids is 1. The van der Waals surface area contributed by atoms with Crippen molar-refractivity contribution in [3.63, 3.8) is 0 Å². The highest BCUT2D eigenvalue weighted by atomic mass is 16.2. The average molecular weight is 379 g/mol. The number of carbonyl (C=O) groups is 1. The summed E-state index contributed by atoms with van der Waals surface area (Å²) in [5, 5.41) is 7.06. The van der Waals surface area contributed by atoms with Crippen LogP contribution in [-0.2, 0) is 30.7 Å². The van der Waals surface area contributed by atoms with Crippen molar-refractivity contribution in [2.45, 2.75) is 39.8 Å². The number of aryl methyl sites for hydroxylation is 3. The van der Waals surface area contributed by atoms with Gasteiger partial charge in [-0.1, -0.05) is 36.4 Å². The minimum atomic E-state index is -0.260. The molecule has 0 fully saturated rings. The van der Waals surface area contributed by atoms with Gasteiger partial charge in [-0.15, -0.1) is 0 Å². The molecule has 0 radical (unpaired) electrons. The van der Waals surface area contributed by atoms with Crippen LogP contribution >= 0.6 is 0 Å². The van der Waals surface area contributed by atoms with Crippen molar-refractivity contribution in [2.75, 3.05) is 6.54 Å². The molecule has 3 rings (SSSR count). The average Bonchev–Trinajstić information content (AvgIpc) is 2.94. The van der Waals surface area contributed by atoms with E-state index in [1.807, 2.05) is 55.5 Å². The molecule has 7 nitrogen and oxygen atoms in total. The Kier molecular flexibility index (Phi) is 6.37. The summed E-state index contributed by atoms with van der Waals surface area (Å²) in [5.41, 5.74) is 2.78. The molecule has 7 heteroatoms. The van der Waals surface area contributed by atoms with Crippen LogP contribution in [0.25, 0.3) is 0 Å². The molecule has 146 valence electrons. The number of nitrogens with one attached hydrogen (secondary N) is 1. The Labute approximate surface area is 164 Å². The highest BCUT2D eigenvalue weighted by molar-refractivity contribution is 5.75. The van der Waals surface area contributed by atoms with E-state index in [-0.39, 0.29) is 18.1 Å². The first-order valence-corrected chi connectivity index (χ1v) is 9.40. The SMILES string of the molecule is Cc1cccc(CCNC(=O)Cn2nc(C)n(CCc3ccccc3)c2=O)n1. The Bertz CT molecular complexity index is 992. The molecule has 28 heavy (non-hydrogen) atoms. The molecule has 0 aliphatic carbocycles. The van der Waals surface area contributed by atoms with Gasteiger partial charge in [-0.3, -0.25) is 14.3 Å². The molecule has 0 aliphatic rings. The molecular formula is C21H25N5O2. The summed E-state index contributed by atoms with van der Waals surface area (Å²) in [4.78, 5) is 29.1. The number of benzene rings is 1. The first kappa shape index (κ1) is 19.5. The lowest BCUT2D eigenvalue weighted by Crippen LogP contribution is -2.34. The van der Waals surface area contributed by atoms with E-state index in [9.17, 15) is 9.59 Å². The van der Waals surface area contributed by atoms with Crippen molar-refractivity contribution < 1.29 is 4.79 Å².